The van der Waals surface area contributed by atoms with Gasteiger partial charge in [-0.2, -0.15) is 0 Å². The lowest BCUT2D eigenvalue weighted by Gasteiger charge is -2.32. The van der Waals surface area contributed by atoms with Crippen LogP contribution >= 0.6 is 0 Å². The van der Waals surface area contributed by atoms with E-state index in [1.54, 1.807) is 12.1 Å². The van der Waals surface area contributed by atoms with Crippen LogP contribution in [0.15, 0.2) is 48.5 Å². The number of ether oxygens (including phenoxy) is 1. The van der Waals surface area contributed by atoms with Crippen LogP contribution in [0.5, 0.6) is 5.75 Å². The van der Waals surface area contributed by atoms with E-state index in [2.05, 4.69) is 29.2 Å². The standard InChI is InChI=1S/C23H29NO3/c1-2-27-22-10-8-18(9-11-22)6-7-19-12-14-24(15-13-19)17-20-4-3-5-21(16-20)23(25)26/h3-5,8-11,16,19H,2,6-7,12-15,17H2,1H3,(H,25,26). The second-order valence-electron chi connectivity index (χ2n) is 7.34. The molecular weight excluding hydrogens is 338 g/mol. The Hall–Kier alpha value is -2.33. The third-order valence-corrected chi connectivity index (χ3v) is 5.36. The molecule has 1 N–H and O–H groups in total. The smallest absolute Gasteiger partial charge is 0.335 e. The fourth-order valence-corrected chi connectivity index (χ4v) is 3.78. The molecule has 0 amide bonds. The van der Waals surface area contributed by atoms with Crippen molar-refractivity contribution < 1.29 is 14.6 Å². The molecule has 144 valence electrons. The fraction of sp³-hybridized carbons (Fsp3) is 0.435. The maximum Gasteiger partial charge on any atom is 0.335 e. The average molecular weight is 367 g/mol. The molecule has 4 heteroatoms. The average Bonchev–Trinajstić information content (AvgIpc) is 2.69. The number of nitrogens with zero attached hydrogens (tertiary/aromatic N) is 1. The number of carboxylic acid groups (broad SMARTS) is 1. The highest BCUT2D eigenvalue weighted by molar-refractivity contribution is 5.87. The van der Waals surface area contributed by atoms with Crippen molar-refractivity contribution in [3.05, 3.63) is 65.2 Å². The van der Waals surface area contributed by atoms with Crippen LogP contribution < -0.4 is 4.74 Å². The lowest BCUT2D eigenvalue weighted by Crippen LogP contribution is -2.33. The van der Waals surface area contributed by atoms with E-state index in [1.165, 1.54) is 24.8 Å². The van der Waals surface area contributed by atoms with Crippen LogP contribution in [0.25, 0.3) is 0 Å². The van der Waals surface area contributed by atoms with Crippen molar-refractivity contribution in [3.63, 3.8) is 0 Å². The molecule has 0 atom stereocenters. The molecule has 0 aliphatic carbocycles. The lowest BCUT2D eigenvalue weighted by molar-refractivity contribution is 0.0696. The molecule has 0 aromatic heterocycles. The van der Waals surface area contributed by atoms with Crippen molar-refractivity contribution in [1.82, 2.24) is 4.90 Å². The zero-order valence-electron chi connectivity index (χ0n) is 16.1. The normalized spacial score (nSPS) is 15.6. The van der Waals surface area contributed by atoms with Crippen LogP contribution in [0.1, 0.15) is 47.7 Å². The van der Waals surface area contributed by atoms with Crippen molar-refractivity contribution in [2.45, 2.75) is 39.2 Å². The molecule has 3 rings (SSSR count). The van der Waals surface area contributed by atoms with Crippen molar-refractivity contribution >= 4 is 5.97 Å². The third-order valence-electron chi connectivity index (χ3n) is 5.36. The summed E-state index contributed by atoms with van der Waals surface area (Å²) in [7, 11) is 0. The first-order valence-electron chi connectivity index (χ1n) is 9.90. The Kier molecular flexibility index (Phi) is 6.88. The first-order valence-corrected chi connectivity index (χ1v) is 9.90. The number of likely N-dealkylation sites (tertiary alicyclic amines) is 1. The van der Waals surface area contributed by atoms with Gasteiger partial charge in [-0.15, -0.1) is 0 Å². The predicted octanol–water partition coefficient (Wildman–Crippen LogP) is 4.63. The SMILES string of the molecule is CCOc1ccc(CCC2CCN(Cc3cccc(C(=O)O)c3)CC2)cc1. The van der Waals surface area contributed by atoms with Crippen molar-refractivity contribution in [2.75, 3.05) is 19.7 Å². The van der Waals surface area contributed by atoms with E-state index in [-0.39, 0.29) is 0 Å². The number of hydrogen-bond acceptors (Lipinski definition) is 3. The van der Waals surface area contributed by atoms with Crippen LogP contribution in [0.4, 0.5) is 0 Å². The van der Waals surface area contributed by atoms with Gasteiger partial charge in [0.1, 0.15) is 5.75 Å². The van der Waals surface area contributed by atoms with E-state index in [0.717, 1.165) is 43.3 Å². The summed E-state index contributed by atoms with van der Waals surface area (Å²) in [4.78, 5) is 13.5. The topological polar surface area (TPSA) is 49.8 Å². The van der Waals surface area contributed by atoms with Gasteiger partial charge in [0.2, 0.25) is 0 Å². The van der Waals surface area contributed by atoms with Crippen molar-refractivity contribution in [2.24, 2.45) is 5.92 Å². The van der Waals surface area contributed by atoms with E-state index < -0.39 is 5.97 Å². The molecule has 1 heterocycles. The van der Waals surface area contributed by atoms with Crippen LogP contribution in [-0.2, 0) is 13.0 Å². The number of aromatic carboxylic acids is 1. The number of hydrogen-bond donors (Lipinski definition) is 1. The lowest BCUT2D eigenvalue weighted by atomic mass is 9.90. The monoisotopic (exact) mass is 367 g/mol. The fourth-order valence-electron chi connectivity index (χ4n) is 3.78. The Morgan fingerprint density at radius 1 is 1.11 bits per heavy atom. The van der Waals surface area contributed by atoms with Crippen LogP contribution in [0.3, 0.4) is 0 Å². The molecule has 1 fully saturated rings. The van der Waals surface area contributed by atoms with Gasteiger partial charge >= 0.3 is 5.97 Å². The van der Waals surface area contributed by atoms with Crippen molar-refractivity contribution in [3.8, 4) is 5.75 Å². The molecule has 27 heavy (non-hydrogen) atoms. The summed E-state index contributed by atoms with van der Waals surface area (Å²) in [5, 5.41) is 9.12. The van der Waals surface area contributed by atoms with Gasteiger partial charge in [-0.3, -0.25) is 4.90 Å². The van der Waals surface area contributed by atoms with E-state index in [1.807, 2.05) is 19.1 Å². The van der Waals surface area contributed by atoms with Gasteiger partial charge in [0, 0.05) is 6.54 Å². The minimum atomic E-state index is -0.857. The highest BCUT2D eigenvalue weighted by Gasteiger charge is 2.19. The first kappa shape index (κ1) is 19.4. The quantitative estimate of drug-likeness (QED) is 0.739. The Bertz CT molecular complexity index is 734. The number of piperidine rings is 1. The maximum atomic E-state index is 11.1. The van der Waals surface area contributed by atoms with E-state index in [0.29, 0.717) is 12.2 Å². The zero-order valence-corrected chi connectivity index (χ0v) is 16.1. The molecule has 0 bridgehead atoms. The highest BCUT2D eigenvalue weighted by atomic mass is 16.5. The van der Waals surface area contributed by atoms with E-state index in [9.17, 15) is 4.79 Å². The number of rotatable bonds is 8. The summed E-state index contributed by atoms with van der Waals surface area (Å²) in [6.45, 7) is 5.73. The summed E-state index contributed by atoms with van der Waals surface area (Å²) in [6, 6.07) is 15.8. The predicted molar refractivity (Wildman–Crippen MR) is 107 cm³/mol. The Labute approximate surface area is 161 Å². The number of carbonyl (C=O) groups is 1. The van der Waals surface area contributed by atoms with Crippen molar-refractivity contribution in [1.29, 1.82) is 0 Å². The van der Waals surface area contributed by atoms with Crippen LogP contribution in [0, 0.1) is 5.92 Å². The molecule has 2 aromatic rings. The first-order chi connectivity index (χ1) is 13.1. The van der Waals surface area contributed by atoms with Crippen LogP contribution in [0.2, 0.25) is 0 Å². The molecule has 0 radical (unpaired) electrons. The molecule has 1 saturated heterocycles. The van der Waals surface area contributed by atoms with Gasteiger partial charge in [-0.1, -0.05) is 24.3 Å². The van der Waals surface area contributed by atoms with Gasteiger partial charge < -0.3 is 9.84 Å². The molecule has 2 aromatic carbocycles. The highest BCUT2D eigenvalue weighted by Crippen LogP contribution is 2.24. The summed E-state index contributed by atoms with van der Waals surface area (Å²) in [6.07, 6.45) is 4.79. The van der Waals surface area contributed by atoms with Crippen LogP contribution in [-0.4, -0.2) is 35.7 Å². The Morgan fingerprint density at radius 3 is 2.52 bits per heavy atom. The summed E-state index contributed by atoms with van der Waals surface area (Å²) >= 11 is 0. The number of benzene rings is 2. The number of aryl methyl sites for hydroxylation is 1. The van der Waals surface area contributed by atoms with Gasteiger partial charge in [-0.25, -0.2) is 4.79 Å². The van der Waals surface area contributed by atoms with Gasteiger partial charge in [0.25, 0.3) is 0 Å². The summed E-state index contributed by atoms with van der Waals surface area (Å²) in [5.41, 5.74) is 2.84. The summed E-state index contributed by atoms with van der Waals surface area (Å²) < 4.78 is 5.50. The molecule has 1 aliphatic heterocycles. The minimum absolute atomic E-state index is 0.373. The Morgan fingerprint density at radius 2 is 1.85 bits per heavy atom. The van der Waals surface area contributed by atoms with Gasteiger partial charge in [0.15, 0.2) is 0 Å². The zero-order chi connectivity index (χ0) is 19.1. The second kappa shape index (κ2) is 9.56. The third kappa shape index (κ3) is 5.83. The van der Waals surface area contributed by atoms with Gasteiger partial charge in [0.05, 0.1) is 12.2 Å². The second-order valence-corrected chi connectivity index (χ2v) is 7.34. The largest absolute Gasteiger partial charge is 0.494 e. The minimum Gasteiger partial charge on any atom is -0.494 e. The molecule has 0 spiro atoms. The Balaban J connectivity index is 1.42. The molecule has 0 unspecified atom stereocenters. The molecule has 1 aliphatic rings. The number of carboxylic acids is 1. The van der Waals surface area contributed by atoms with E-state index in [4.69, 9.17) is 9.84 Å². The van der Waals surface area contributed by atoms with E-state index >= 15 is 0 Å². The summed E-state index contributed by atoms with van der Waals surface area (Å²) in [5.74, 6) is 0.865. The molecular formula is C23H29NO3. The van der Waals surface area contributed by atoms with Gasteiger partial charge in [-0.05, 0) is 87.0 Å². The molecule has 0 saturated carbocycles. The molecule has 4 nitrogen and oxygen atoms in total. The maximum absolute atomic E-state index is 11.1.